The molecule has 6 heteroatoms. The quantitative estimate of drug-likeness (QED) is 0.650. The maximum absolute atomic E-state index is 13.1. The number of benzene rings is 2. The first-order valence-corrected chi connectivity index (χ1v) is 8.05. The van der Waals surface area contributed by atoms with E-state index < -0.39 is 0 Å². The number of rotatable bonds is 4. The molecular formula is C16H13ClFN3S. The van der Waals surface area contributed by atoms with Crippen molar-refractivity contribution in [2.24, 2.45) is 0 Å². The van der Waals surface area contributed by atoms with Gasteiger partial charge in [-0.1, -0.05) is 41.6 Å². The summed E-state index contributed by atoms with van der Waals surface area (Å²) in [6.45, 7) is 1.87. The first kappa shape index (κ1) is 15.1. The predicted molar refractivity (Wildman–Crippen MR) is 87.1 cm³/mol. The van der Waals surface area contributed by atoms with Crippen LogP contribution in [0.15, 0.2) is 53.7 Å². The van der Waals surface area contributed by atoms with E-state index in [2.05, 4.69) is 10.2 Å². The summed E-state index contributed by atoms with van der Waals surface area (Å²) < 4.78 is 15.0. The van der Waals surface area contributed by atoms with Crippen LogP contribution in [0.1, 0.15) is 11.4 Å². The van der Waals surface area contributed by atoms with Crippen LogP contribution in [0, 0.1) is 12.7 Å². The fraction of sp³-hybridized carbons (Fsp3) is 0.125. The van der Waals surface area contributed by atoms with Gasteiger partial charge in [0, 0.05) is 16.5 Å². The molecule has 0 radical (unpaired) electrons. The van der Waals surface area contributed by atoms with Crippen LogP contribution in [-0.4, -0.2) is 14.8 Å². The van der Waals surface area contributed by atoms with Gasteiger partial charge in [-0.25, -0.2) is 4.39 Å². The molecule has 1 heterocycles. The van der Waals surface area contributed by atoms with Crippen LogP contribution in [0.4, 0.5) is 4.39 Å². The lowest BCUT2D eigenvalue weighted by atomic mass is 10.2. The fourth-order valence-corrected chi connectivity index (χ4v) is 3.36. The van der Waals surface area contributed by atoms with Crippen molar-refractivity contribution in [3.63, 3.8) is 0 Å². The Labute approximate surface area is 137 Å². The van der Waals surface area contributed by atoms with Crippen LogP contribution < -0.4 is 0 Å². The summed E-state index contributed by atoms with van der Waals surface area (Å²) in [5, 5.41) is 9.80. The van der Waals surface area contributed by atoms with E-state index >= 15 is 0 Å². The van der Waals surface area contributed by atoms with E-state index in [-0.39, 0.29) is 5.82 Å². The Balaban J connectivity index is 1.86. The predicted octanol–water partition coefficient (Wildman–Crippen LogP) is 4.66. The molecule has 0 saturated carbocycles. The number of thioether (sulfide) groups is 1. The Hall–Kier alpha value is -1.85. The number of halogens is 2. The van der Waals surface area contributed by atoms with Gasteiger partial charge in [-0.3, -0.25) is 4.57 Å². The van der Waals surface area contributed by atoms with Crippen molar-refractivity contribution >= 4 is 23.4 Å². The first-order valence-electron chi connectivity index (χ1n) is 6.69. The zero-order valence-electron chi connectivity index (χ0n) is 11.8. The van der Waals surface area contributed by atoms with Crippen molar-refractivity contribution in [2.75, 3.05) is 0 Å². The summed E-state index contributed by atoms with van der Waals surface area (Å²) in [5.74, 6) is 1.19. The van der Waals surface area contributed by atoms with Crippen LogP contribution in [0.5, 0.6) is 0 Å². The molecule has 0 fully saturated rings. The minimum absolute atomic E-state index is 0.264. The van der Waals surface area contributed by atoms with E-state index in [1.165, 1.54) is 12.1 Å². The maximum atomic E-state index is 13.1. The van der Waals surface area contributed by atoms with E-state index in [9.17, 15) is 4.39 Å². The standard InChI is InChI=1S/C16H13ClFN3S/c1-11-19-20-16(21(11)14-8-6-13(18)7-9-14)22-10-12-4-2-3-5-15(12)17/h2-9H,10H2,1H3. The lowest BCUT2D eigenvalue weighted by Crippen LogP contribution is -1.99. The normalized spacial score (nSPS) is 10.9. The highest BCUT2D eigenvalue weighted by Gasteiger charge is 2.12. The van der Waals surface area contributed by atoms with Crippen LogP contribution in [0.2, 0.25) is 5.02 Å². The van der Waals surface area contributed by atoms with Gasteiger partial charge in [0.15, 0.2) is 5.16 Å². The van der Waals surface area contributed by atoms with E-state index in [1.807, 2.05) is 35.8 Å². The molecule has 3 rings (SSSR count). The number of aromatic nitrogens is 3. The topological polar surface area (TPSA) is 30.7 Å². The molecule has 1 aromatic heterocycles. The molecule has 0 spiro atoms. The Morgan fingerprint density at radius 1 is 1.09 bits per heavy atom. The van der Waals surface area contributed by atoms with E-state index in [0.717, 1.165) is 27.3 Å². The first-order chi connectivity index (χ1) is 10.6. The average Bonchev–Trinajstić information content (AvgIpc) is 2.88. The zero-order valence-corrected chi connectivity index (χ0v) is 13.4. The summed E-state index contributed by atoms with van der Waals surface area (Å²) in [6, 6.07) is 14.0. The average molecular weight is 334 g/mol. The van der Waals surface area contributed by atoms with Crippen LogP contribution in [-0.2, 0) is 5.75 Å². The van der Waals surface area contributed by atoms with Crippen molar-refractivity contribution in [2.45, 2.75) is 17.8 Å². The molecule has 2 aromatic carbocycles. The van der Waals surface area contributed by atoms with Gasteiger partial charge in [0.05, 0.1) is 0 Å². The van der Waals surface area contributed by atoms with Crippen molar-refractivity contribution < 1.29 is 4.39 Å². The number of hydrogen-bond acceptors (Lipinski definition) is 3. The van der Waals surface area contributed by atoms with Crippen LogP contribution in [0.25, 0.3) is 5.69 Å². The minimum atomic E-state index is -0.264. The summed E-state index contributed by atoms with van der Waals surface area (Å²) in [5.41, 5.74) is 1.88. The molecule has 112 valence electrons. The molecule has 0 aliphatic rings. The van der Waals surface area contributed by atoms with Crippen molar-refractivity contribution in [1.82, 2.24) is 14.8 Å². The number of aryl methyl sites for hydroxylation is 1. The summed E-state index contributed by atoms with van der Waals surface area (Å²) in [6.07, 6.45) is 0. The van der Waals surface area contributed by atoms with Crippen LogP contribution >= 0.6 is 23.4 Å². The van der Waals surface area contributed by atoms with Gasteiger partial charge in [-0.2, -0.15) is 0 Å². The highest BCUT2D eigenvalue weighted by molar-refractivity contribution is 7.98. The summed E-state index contributed by atoms with van der Waals surface area (Å²) in [7, 11) is 0. The van der Waals surface area contributed by atoms with E-state index in [1.54, 1.807) is 23.9 Å². The Morgan fingerprint density at radius 2 is 1.82 bits per heavy atom. The molecule has 0 atom stereocenters. The molecule has 0 aliphatic heterocycles. The molecule has 0 bridgehead atoms. The molecule has 0 saturated heterocycles. The van der Waals surface area contributed by atoms with Gasteiger partial charge in [-0.05, 0) is 42.8 Å². The molecule has 3 nitrogen and oxygen atoms in total. The lowest BCUT2D eigenvalue weighted by Gasteiger charge is -2.08. The monoisotopic (exact) mass is 333 g/mol. The van der Waals surface area contributed by atoms with Crippen molar-refractivity contribution in [3.05, 3.63) is 70.8 Å². The third kappa shape index (κ3) is 3.15. The molecule has 0 amide bonds. The van der Waals surface area contributed by atoms with Gasteiger partial charge in [-0.15, -0.1) is 10.2 Å². The second kappa shape index (κ2) is 6.50. The summed E-state index contributed by atoms with van der Waals surface area (Å²) in [4.78, 5) is 0. The van der Waals surface area contributed by atoms with Crippen molar-refractivity contribution in [1.29, 1.82) is 0 Å². The lowest BCUT2D eigenvalue weighted by molar-refractivity contribution is 0.627. The highest BCUT2D eigenvalue weighted by atomic mass is 35.5. The second-order valence-corrected chi connectivity index (χ2v) is 6.07. The molecule has 22 heavy (non-hydrogen) atoms. The fourth-order valence-electron chi connectivity index (χ4n) is 2.08. The van der Waals surface area contributed by atoms with Crippen molar-refractivity contribution in [3.8, 4) is 5.69 Å². The third-order valence-corrected chi connectivity index (χ3v) is 4.54. The van der Waals surface area contributed by atoms with Gasteiger partial charge in [0.1, 0.15) is 11.6 Å². The largest absolute Gasteiger partial charge is 0.274 e. The zero-order chi connectivity index (χ0) is 15.5. The maximum Gasteiger partial charge on any atom is 0.196 e. The van der Waals surface area contributed by atoms with Crippen LogP contribution in [0.3, 0.4) is 0 Å². The van der Waals surface area contributed by atoms with Gasteiger partial charge >= 0.3 is 0 Å². The van der Waals surface area contributed by atoms with Gasteiger partial charge < -0.3 is 0 Å². The second-order valence-electron chi connectivity index (χ2n) is 4.72. The Kier molecular flexibility index (Phi) is 4.45. The van der Waals surface area contributed by atoms with E-state index in [4.69, 9.17) is 11.6 Å². The molecule has 3 aromatic rings. The Bertz CT molecular complexity index is 786. The highest BCUT2D eigenvalue weighted by Crippen LogP contribution is 2.27. The molecule has 0 N–H and O–H groups in total. The van der Waals surface area contributed by atoms with Gasteiger partial charge in [0.25, 0.3) is 0 Å². The third-order valence-electron chi connectivity index (χ3n) is 3.19. The van der Waals surface area contributed by atoms with Gasteiger partial charge in [0.2, 0.25) is 0 Å². The summed E-state index contributed by atoms with van der Waals surface area (Å²) >= 11 is 7.72. The molecule has 0 unspecified atom stereocenters. The molecule has 0 aliphatic carbocycles. The SMILES string of the molecule is Cc1nnc(SCc2ccccc2Cl)n1-c1ccc(F)cc1. The molecular weight excluding hydrogens is 321 g/mol. The number of nitrogens with zero attached hydrogens (tertiary/aromatic N) is 3. The number of hydrogen-bond donors (Lipinski definition) is 0. The smallest absolute Gasteiger partial charge is 0.196 e. The van der Waals surface area contributed by atoms with E-state index in [0.29, 0.717) is 5.75 Å². The Morgan fingerprint density at radius 3 is 2.55 bits per heavy atom. The minimum Gasteiger partial charge on any atom is -0.274 e.